The van der Waals surface area contributed by atoms with Crippen LogP contribution < -0.4 is 5.32 Å². The lowest BCUT2D eigenvalue weighted by Crippen LogP contribution is -2.45. The summed E-state index contributed by atoms with van der Waals surface area (Å²) in [5, 5.41) is 3.73. The molecule has 0 aliphatic carbocycles. The van der Waals surface area contributed by atoms with Gasteiger partial charge in [0.05, 0.1) is 22.6 Å². The number of carbonyl (C=O) groups excluding carboxylic acids is 1. The number of halogens is 1. The van der Waals surface area contributed by atoms with Crippen molar-refractivity contribution in [1.29, 1.82) is 0 Å². The first-order valence-electron chi connectivity index (χ1n) is 11.4. The fourth-order valence-electron chi connectivity index (χ4n) is 4.96. The molecule has 164 valence electrons. The van der Waals surface area contributed by atoms with Crippen molar-refractivity contribution in [3.05, 3.63) is 29.0 Å². The molecule has 2 aliphatic heterocycles. The zero-order chi connectivity index (χ0) is 21.1. The van der Waals surface area contributed by atoms with Gasteiger partial charge < -0.3 is 19.7 Å². The average Bonchev–Trinajstić information content (AvgIpc) is 3.08. The van der Waals surface area contributed by atoms with Gasteiger partial charge in [0.25, 0.3) is 0 Å². The number of benzene rings is 1. The van der Waals surface area contributed by atoms with E-state index in [0.717, 1.165) is 54.7 Å². The maximum Gasteiger partial charge on any atom is 0.317 e. The molecule has 1 unspecified atom stereocenters. The summed E-state index contributed by atoms with van der Waals surface area (Å²) in [6.07, 6.45) is 7.55. The molecule has 0 bridgehead atoms. The van der Waals surface area contributed by atoms with Gasteiger partial charge in [-0.25, -0.2) is 9.78 Å². The number of likely N-dealkylation sites (tertiary alicyclic amines) is 2. The van der Waals surface area contributed by atoms with E-state index in [-0.39, 0.29) is 6.03 Å². The van der Waals surface area contributed by atoms with Crippen molar-refractivity contribution in [2.24, 2.45) is 13.0 Å². The Morgan fingerprint density at radius 1 is 1.20 bits per heavy atom. The number of carbonyl (C=O) groups is 1. The summed E-state index contributed by atoms with van der Waals surface area (Å²) in [4.78, 5) is 21.9. The normalized spacial score (nSPS) is 21.3. The quantitative estimate of drug-likeness (QED) is 0.762. The van der Waals surface area contributed by atoms with Crippen molar-refractivity contribution >= 4 is 28.7 Å². The fraction of sp³-hybridized carbons (Fsp3) is 0.652. The molecule has 1 aromatic heterocycles. The van der Waals surface area contributed by atoms with E-state index in [9.17, 15) is 4.79 Å². The van der Waals surface area contributed by atoms with Crippen molar-refractivity contribution in [3.63, 3.8) is 0 Å². The number of nitrogens with one attached hydrogen (secondary N) is 1. The molecule has 30 heavy (non-hydrogen) atoms. The lowest BCUT2D eigenvalue weighted by Gasteiger charge is -2.36. The Bertz CT molecular complexity index is 874. The topological polar surface area (TPSA) is 53.4 Å². The van der Waals surface area contributed by atoms with Crippen LogP contribution in [0, 0.1) is 5.92 Å². The van der Waals surface area contributed by atoms with Gasteiger partial charge in [0.15, 0.2) is 0 Å². The third kappa shape index (κ3) is 4.75. The second kappa shape index (κ2) is 9.56. The minimum absolute atomic E-state index is 0.0104. The molecule has 7 heteroatoms. The highest BCUT2D eigenvalue weighted by Crippen LogP contribution is 2.25. The van der Waals surface area contributed by atoms with Crippen molar-refractivity contribution in [3.8, 4) is 0 Å². The number of rotatable bonds is 5. The number of imidazole rings is 1. The highest BCUT2D eigenvalue weighted by molar-refractivity contribution is 6.35. The van der Waals surface area contributed by atoms with Crippen LogP contribution in [0.2, 0.25) is 5.02 Å². The molecule has 6 nitrogen and oxygen atoms in total. The molecule has 2 aliphatic rings. The van der Waals surface area contributed by atoms with Gasteiger partial charge in [-0.1, -0.05) is 24.1 Å². The Morgan fingerprint density at radius 2 is 2.00 bits per heavy atom. The minimum atomic E-state index is 0.0104. The number of aryl methyl sites for hydroxylation is 1. The van der Waals surface area contributed by atoms with Gasteiger partial charge in [-0.05, 0) is 70.2 Å². The largest absolute Gasteiger partial charge is 0.331 e. The first-order chi connectivity index (χ1) is 14.5. The van der Waals surface area contributed by atoms with Crippen molar-refractivity contribution < 1.29 is 4.79 Å². The lowest BCUT2D eigenvalue weighted by atomic mass is 9.92. The summed E-state index contributed by atoms with van der Waals surface area (Å²) >= 11 is 6.30. The van der Waals surface area contributed by atoms with Gasteiger partial charge in [-0.3, -0.25) is 0 Å². The van der Waals surface area contributed by atoms with Crippen molar-refractivity contribution in [2.75, 3.05) is 26.2 Å². The molecular formula is C23H34ClN5O. The van der Waals surface area contributed by atoms with E-state index < -0.39 is 0 Å². The number of piperidine rings is 2. The van der Waals surface area contributed by atoms with Crippen LogP contribution in [-0.4, -0.2) is 57.6 Å². The number of hydrogen-bond acceptors (Lipinski definition) is 3. The number of nitrogens with zero attached hydrogens (tertiary/aromatic N) is 4. The molecule has 2 amide bonds. The molecule has 1 aromatic carbocycles. The lowest BCUT2D eigenvalue weighted by molar-refractivity contribution is 0.132. The Kier molecular flexibility index (Phi) is 6.84. The van der Waals surface area contributed by atoms with Gasteiger partial charge in [-0.15, -0.1) is 0 Å². The minimum Gasteiger partial charge on any atom is -0.331 e. The first kappa shape index (κ1) is 21.4. The molecule has 4 rings (SSSR count). The van der Waals surface area contributed by atoms with Gasteiger partial charge in [0.1, 0.15) is 5.82 Å². The van der Waals surface area contributed by atoms with Crippen LogP contribution in [0.4, 0.5) is 4.79 Å². The fourth-order valence-corrected chi connectivity index (χ4v) is 5.25. The molecular weight excluding hydrogens is 398 g/mol. The van der Waals surface area contributed by atoms with E-state index in [1.54, 1.807) is 0 Å². The van der Waals surface area contributed by atoms with Gasteiger partial charge in [0, 0.05) is 26.2 Å². The van der Waals surface area contributed by atoms with E-state index in [1.807, 2.05) is 34.7 Å². The van der Waals surface area contributed by atoms with Crippen molar-refractivity contribution in [2.45, 2.75) is 58.0 Å². The Labute approximate surface area is 184 Å². The SMILES string of the molecule is CC1CCCCN1CCC1CCN(C(=O)NCc2nc3cccc(Cl)c3n2C)CC1. The molecule has 0 radical (unpaired) electrons. The number of urea groups is 1. The number of hydrogen-bond donors (Lipinski definition) is 1. The third-order valence-corrected chi connectivity index (χ3v) is 7.31. The van der Waals surface area contributed by atoms with Gasteiger partial charge >= 0.3 is 6.03 Å². The zero-order valence-electron chi connectivity index (χ0n) is 18.2. The monoisotopic (exact) mass is 431 g/mol. The second-order valence-corrected chi connectivity index (χ2v) is 9.36. The van der Waals surface area contributed by atoms with Crippen LogP contribution in [0.15, 0.2) is 18.2 Å². The average molecular weight is 432 g/mol. The highest BCUT2D eigenvalue weighted by atomic mass is 35.5. The Hall–Kier alpha value is -1.79. The molecule has 2 aromatic rings. The zero-order valence-corrected chi connectivity index (χ0v) is 19.0. The standard InChI is InChI=1S/C23H34ClN5O/c1-17-6-3-4-12-28(17)13-9-18-10-14-29(15-11-18)23(30)25-16-21-26-20-8-5-7-19(24)22(20)27(21)2/h5,7-8,17-18H,3-4,6,9-16H2,1-2H3,(H,25,30). The molecule has 2 fully saturated rings. The number of para-hydroxylation sites is 1. The predicted molar refractivity (Wildman–Crippen MR) is 122 cm³/mol. The molecule has 0 spiro atoms. The molecule has 1 N–H and O–H groups in total. The second-order valence-electron chi connectivity index (χ2n) is 8.95. The van der Waals surface area contributed by atoms with Crippen LogP contribution in [0.3, 0.4) is 0 Å². The van der Waals surface area contributed by atoms with E-state index in [2.05, 4.69) is 22.1 Å². The summed E-state index contributed by atoms with van der Waals surface area (Å²) < 4.78 is 1.96. The Morgan fingerprint density at radius 3 is 2.73 bits per heavy atom. The van der Waals surface area contributed by atoms with Crippen LogP contribution in [0.25, 0.3) is 11.0 Å². The summed E-state index contributed by atoms with van der Waals surface area (Å²) in [5.74, 6) is 1.56. The molecule has 2 saturated heterocycles. The molecule has 0 saturated carbocycles. The smallest absolute Gasteiger partial charge is 0.317 e. The maximum atomic E-state index is 12.7. The molecule has 1 atom stereocenters. The maximum absolute atomic E-state index is 12.7. The summed E-state index contributed by atoms with van der Waals surface area (Å²) in [7, 11) is 1.94. The van der Waals surface area contributed by atoms with E-state index >= 15 is 0 Å². The predicted octanol–water partition coefficient (Wildman–Crippen LogP) is 4.41. The third-order valence-electron chi connectivity index (χ3n) is 7.00. The first-order valence-corrected chi connectivity index (χ1v) is 11.8. The van der Waals surface area contributed by atoms with E-state index in [0.29, 0.717) is 11.6 Å². The van der Waals surface area contributed by atoms with Gasteiger partial charge in [-0.2, -0.15) is 0 Å². The summed E-state index contributed by atoms with van der Waals surface area (Å²) in [6, 6.07) is 6.46. The van der Waals surface area contributed by atoms with E-state index in [4.69, 9.17) is 11.6 Å². The van der Waals surface area contributed by atoms with Crippen LogP contribution in [0.1, 0.15) is 51.3 Å². The summed E-state index contributed by atoms with van der Waals surface area (Å²) in [6.45, 7) is 6.95. The van der Waals surface area contributed by atoms with Crippen LogP contribution in [0.5, 0.6) is 0 Å². The number of fused-ring (bicyclic) bond motifs is 1. The number of amides is 2. The highest BCUT2D eigenvalue weighted by Gasteiger charge is 2.25. The van der Waals surface area contributed by atoms with Crippen molar-refractivity contribution in [1.82, 2.24) is 24.7 Å². The van der Waals surface area contributed by atoms with Gasteiger partial charge in [0.2, 0.25) is 0 Å². The van der Waals surface area contributed by atoms with Crippen LogP contribution >= 0.6 is 11.6 Å². The summed E-state index contributed by atoms with van der Waals surface area (Å²) in [5.41, 5.74) is 1.77. The number of aromatic nitrogens is 2. The molecule has 3 heterocycles. The van der Waals surface area contributed by atoms with E-state index in [1.165, 1.54) is 38.8 Å². The van der Waals surface area contributed by atoms with Crippen LogP contribution in [-0.2, 0) is 13.6 Å². The Balaban J connectivity index is 1.23.